The molecule has 0 aliphatic carbocycles. The van der Waals surface area contributed by atoms with Gasteiger partial charge in [-0.3, -0.25) is 0 Å². The smallest absolute Gasteiger partial charge is 0.165 e. The molecular weight excluding hydrogens is 176 g/mol. The van der Waals surface area contributed by atoms with Crippen LogP contribution in [0.5, 0.6) is 0 Å². The largest absolute Gasteiger partial charge is 0.231 e. The maximum Gasteiger partial charge on any atom is 0.165 e. The molecule has 0 spiro atoms. The molecule has 2 heterocycles. The van der Waals surface area contributed by atoms with Crippen molar-refractivity contribution in [1.82, 2.24) is 14.6 Å². The van der Waals surface area contributed by atoms with Crippen molar-refractivity contribution in [3.05, 3.63) is 29.7 Å². The van der Waals surface area contributed by atoms with Gasteiger partial charge in [-0.15, -0.1) is 0 Å². The number of hydrogen-bond donors (Lipinski definition) is 0. The van der Waals surface area contributed by atoms with Gasteiger partial charge in [0.1, 0.15) is 6.07 Å². The molecule has 2 aromatic heterocycles. The monoisotopic (exact) mass is 188 g/mol. The van der Waals surface area contributed by atoms with Gasteiger partial charge in [0.25, 0.3) is 0 Å². The predicted molar refractivity (Wildman–Crippen MR) is 53.8 cm³/mol. The Morgan fingerprint density at radius 1 is 1.43 bits per heavy atom. The summed E-state index contributed by atoms with van der Waals surface area (Å²) >= 11 is 0. The zero-order chi connectivity index (χ0) is 10.6. The van der Waals surface area contributed by atoms with Crippen molar-refractivity contribution in [2.45, 2.75) is 20.8 Å². The van der Waals surface area contributed by atoms with Crippen LogP contribution in [0.15, 0.2) is 18.3 Å². The number of aryl methyl sites for hydroxylation is 1. The summed E-state index contributed by atoms with van der Waals surface area (Å²) < 4.78 is 1.54. The van der Waals surface area contributed by atoms with E-state index in [1.807, 2.05) is 19.9 Å². The van der Waals surface area contributed by atoms with E-state index >= 15 is 0 Å². The summed E-state index contributed by atoms with van der Waals surface area (Å²) in [5.74, 6) is 0. The van der Waals surface area contributed by atoms with Gasteiger partial charge in [-0.2, -0.15) is 10.4 Å². The highest BCUT2D eigenvalue weighted by atomic mass is 15.3. The van der Waals surface area contributed by atoms with E-state index in [2.05, 4.69) is 16.2 Å². The molecule has 0 saturated heterocycles. The van der Waals surface area contributed by atoms with Crippen molar-refractivity contribution >= 4 is 5.65 Å². The average Bonchev–Trinajstić information content (AvgIpc) is 2.56. The molecule has 0 fully saturated rings. The predicted octanol–water partition coefficient (Wildman–Crippen LogP) is 1.94. The number of imidazole rings is 1. The van der Waals surface area contributed by atoms with Gasteiger partial charge >= 0.3 is 0 Å². The lowest BCUT2D eigenvalue weighted by Crippen LogP contribution is -1.92. The Balaban J connectivity index is 0.000000461. The Bertz CT molecular complexity index is 464. The summed E-state index contributed by atoms with van der Waals surface area (Å²) in [6.07, 6.45) is 1.63. The van der Waals surface area contributed by atoms with Gasteiger partial charge in [0.05, 0.1) is 5.69 Å². The Kier molecular flexibility index (Phi) is 3.19. The van der Waals surface area contributed by atoms with Crippen molar-refractivity contribution in [3.8, 4) is 6.07 Å². The molecule has 0 aromatic carbocycles. The summed E-state index contributed by atoms with van der Waals surface area (Å²) in [6.45, 7) is 5.80. The van der Waals surface area contributed by atoms with Crippen LogP contribution >= 0.6 is 0 Å². The summed E-state index contributed by atoms with van der Waals surface area (Å²) in [5.41, 5.74) is 1.94. The third-order valence-electron chi connectivity index (χ3n) is 1.67. The van der Waals surface area contributed by atoms with Crippen molar-refractivity contribution in [2.75, 3.05) is 0 Å². The van der Waals surface area contributed by atoms with E-state index in [0.717, 1.165) is 5.69 Å². The van der Waals surface area contributed by atoms with Crippen molar-refractivity contribution in [2.24, 2.45) is 0 Å². The van der Waals surface area contributed by atoms with E-state index in [1.165, 1.54) is 4.52 Å². The topological polar surface area (TPSA) is 54.0 Å². The molecule has 2 aromatic rings. The van der Waals surface area contributed by atoms with Crippen LogP contribution in [0, 0.1) is 18.3 Å². The first kappa shape index (κ1) is 10.2. The standard InChI is InChI=1S/C8H6N4.C2H6/c1-6-7(5-9)12-8(11-6)3-2-4-10-12;1-2/h2-4H,1H3;1-2H3. The minimum Gasteiger partial charge on any atom is -0.231 e. The minimum absolute atomic E-state index is 0.505. The maximum atomic E-state index is 8.75. The van der Waals surface area contributed by atoms with Gasteiger partial charge in [0.2, 0.25) is 0 Å². The number of aromatic nitrogens is 3. The van der Waals surface area contributed by atoms with Gasteiger partial charge in [0, 0.05) is 6.20 Å². The van der Waals surface area contributed by atoms with Gasteiger partial charge < -0.3 is 0 Å². The van der Waals surface area contributed by atoms with Gasteiger partial charge in [-0.1, -0.05) is 13.8 Å². The molecule has 14 heavy (non-hydrogen) atoms. The molecule has 2 rings (SSSR count). The first-order chi connectivity index (χ1) is 6.83. The van der Waals surface area contributed by atoms with Crippen LogP contribution in [0.4, 0.5) is 0 Å². The highest BCUT2D eigenvalue weighted by Crippen LogP contribution is 2.07. The van der Waals surface area contributed by atoms with E-state index < -0.39 is 0 Å². The van der Waals surface area contributed by atoms with E-state index in [1.54, 1.807) is 19.2 Å². The summed E-state index contributed by atoms with van der Waals surface area (Å²) in [4.78, 5) is 4.16. The molecule has 0 aliphatic rings. The van der Waals surface area contributed by atoms with E-state index in [0.29, 0.717) is 11.3 Å². The lowest BCUT2D eigenvalue weighted by molar-refractivity contribution is 0.918. The number of rotatable bonds is 0. The average molecular weight is 188 g/mol. The molecule has 0 amide bonds. The third-order valence-corrected chi connectivity index (χ3v) is 1.67. The fourth-order valence-corrected chi connectivity index (χ4v) is 1.13. The molecule has 4 heteroatoms. The molecule has 0 radical (unpaired) electrons. The minimum atomic E-state index is 0.505. The maximum absolute atomic E-state index is 8.75. The highest BCUT2D eigenvalue weighted by molar-refractivity contribution is 5.44. The number of fused-ring (bicyclic) bond motifs is 1. The fourth-order valence-electron chi connectivity index (χ4n) is 1.13. The molecule has 0 N–H and O–H groups in total. The second-order valence-electron chi connectivity index (χ2n) is 2.45. The zero-order valence-corrected chi connectivity index (χ0v) is 8.52. The van der Waals surface area contributed by atoms with Crippen molar-refractivity contribution in [1.29, 1.82) is 5.26 Å². The number of nitriles is 1. The summed E-state index contributed by atoms with van der Waals surface area (Å²) in [7, 11) is 0. The van der Waals surface area contributed by atoms with Crippen LogP contribution in [0.2, 0.25) is 0 Å². The fraction of sp³-hybridized carbons (Fsp3) is 0.300. The van der Waals surface area contributed by atoms with E-state index in [4.69, 9.17) is 5.26 Å². The lowest BCUT2D eigenvalue weighted by Gasteiger charge is -1.89. The molecular formula is C10H12N4. The molecule has 4 nitrogen and oxygen atoms in total. The quantitative estimate of drug-likeness (QED) is 0.634. The highest BCUT2D eigenvalue weighted by Gasteiger charge is 2.06. The van der Waals surface area contributed by atoms with Crippen LogP contribution in [-0.2, 0) is 0 Å². The SMILES string of the molecule is CC.Cc1nc2cccnn2c1C#N. The lowest BCUT2D eigenvalue weighted by atomic mass is 10.4. The molecule has 0 aliphatic heterocycles. The van der Waals surface area contributed by atoms with Gasteiger partial charge in [-0.05, 0) is 19.1 Å². The third kappa shape index (κ3) is 1.57. The zero-order valence-electron chi connectivity index (χ0n) is 8.52. The number of nitrogens with zero attached hydrogens (tertiary/aromatic N) is 4. The Hall–Kier alpha value is -1.89. The Labute approximate surface area is 82.8 Å². The molecule has 0 atom stereocenters. The molecule has 0 unspecified atom stereocenters. The first-order valence-electron chi connectivity index (χ1n) is 4.53. The van der Waals surface area contributed by atoms with E-state index in [9.17, 15) is 0 Å². The normalized spacial score (nSPS) is 9.00. The van der Waals surface area contributed by atoms with Crippen LogP contribution in [0.3, 0.4) is 0 Å². The first-order valence-corrected chi connectivity index (χ1v) is 4.53. The van der Waals surface area contributed by atoms with Crippen molar-refractivity contribution < 1.29 is 0 Å². The molecule has 72 valence electrons. The Morgan fingerprint density at radius 2 is 2.14 bits per heavy atom. The second-order valence-corrected chi connectivity index (χ2v) is 2.45. The summed E-state index contributed by atoms with van der Waals surface area (Å²) in [6, 6.07) is 5.67. The van der Waals surface area contributed by atoms with E-state index in [-0.39, 0.29) is 0 Å². The van der Waals surface area contributed by atoms with Crippen LogP contribution < -0.4 is 0 Å². The van der Waals surface area contributed by atoms with Crippen molar-refractivity contribution in [3.63, 3.8) is 0 Å². The second kappa shape index (κ2) is 4.38. The van der Waals surface area contributed by atoms with Crippen LogP contribution in [-0.4, -0.2) is 14.6 Å². The number of hydrogen-bond acceptors (Lipinski definition) is 3. The molecule has 0 saturated carbocycles. The van der Waals surface area contributed by atoms with Crippen LogP contribution in [0.1, 0.15) is 25.2 Å². The van der Waals surface area contributed by atoms with Crippen LogP contribution in [0.25, 0.3) is 5.65 Å². The van der Waals surface area contributed by atoms with Gasteiger partial charge in [-0.25, -0.2) is 9.50 Å². The Morgan fingerprint density at radius 3 is 2.79 bits per heavy atom. The summed E-state index contributed by atoms with van der Waals surface area (Å²) in [5, 5.41) is 12.8. The molecule has 0 bridgehead atoms. The van der Waals surface area contributed by atoms with Gasteiger partial charge in [0.15, 0.2) is 11.3 Å².